The van der Waals surface area contributed by atoms with Gasteiger partial charge in [-0.2, -0.15) is 0 Å². The molecule has 1 heterocycles. The molecule has 1 aliphatic rings. The lowest BCUT2D eigenvalue weighted by Crippen LogP contribution is -2.54. The van der Waals surface area contributed by atoms with Crippen molar-refractivity contribution >= 4 is 68.4 Å². The number of rotatable bonds is 6. The van der Waals surface area contributed by atoms with Crippen LogP contribution in [0.25, 0.3) is 6.08 Å². The second-order valence-electron chi connectivity index (χ2n) is 6.53. The van der Waals surface area contributed by atoms with Gasteiger partial charge in [0.1, 0.15) is 17.1 Å². The van der Waals surface area contributed by atoms with Gasteiger partial charge in [-0.1, -0.05) is 17.7 Å². The summed E-state index contributed by atoms with van der Waals surface area (Å²) in [6.45, 7) is 6.39. The van der Waals surface area contributed by atoms with Gasteiger partial charge in [-0.15, -0.1) is 0 Å². The summed E-state index contributed by atoms with van der Waals surface area (Å²) < 4.78 is 12.0. The van der Waals surface area contributed by atoms with Gasteiger partial charge < -0.3 is 9.47 Å². The van der Waals surface area contributed by atoms with Crippen LogP contribution in [0.5, 0.6) is 11.5 Å². The molecule has 0 spiro atoms. The Labute approximate surface area is 199 Å². The van der Waals surface area contributed by atoms with Crippen molar-refractivity contribution in [3.63, 3.8) is 0 Å². The van der Waals surface area contributed by atoms with Gasteiger partial charge in [-0.05, 0) is 78.8 Å². The van der Waals surface area contributed by atoms with Crippen LogP contribution in [0.2, 0.25) is 5.02 Å². The van der Waals surface area contributed by atoms with E-state index in [-0.39, 0.29) is 10.7 Å². The molecule has 0 aliphatic carbocycles. The molecule has 0 radical (unpaired) electrons. The third kappa shape index (κ3) is 4.76. The minimum atomic E-state index is -0.585. The summed E-state index contributed by atoms with van der Waals surface area (Å²) in [5.41, 5.74) is 1.65. The first-order valence-electron chi connectivity index (χ1n) is 9.54. The van der Waals surface area contributed by atoms with Crippen LogP contribution in [0.3, 0.4) is 0 Å². The minimum absolute atomic E-state index is 0.00424. The molecule has 1 fully saturated rings. The average molecular weight is 524 g/mol. The van der Waals surface area contributed by atoms with Crippen molar-refractivity contribution in [2.24, 2.45) is 0 Å². The summed E-state index contributed by atoms with van der Waals surface area (Å²) in [6, 6.07) is 8.62. The lowest BCUT2D eigenvalue weighted by molar-refractivity contribution is -0.122. The smallest absolute Gasteiger partial charge is 0.270 e. The zero-order valence-corrected chi connectivity index (χ0v) is 20.3. The van der Waals surface area contributed by atoms with Gasteiger partial charge in [-0.25, -0.2) is 0 Å². The predicted octanol–water partition coefficient (Wildman–Crippen LogP) is 5.04. The lowest BCUT2D eigenvalue weighted by atomic mass is 10.0. The van der Waals surface area contributed by atoms with E-state index in [2.05, 4.69) is 21.2 Å². The fraction of sp³-hybridized carbons (Fsp3) is 0.227. The molecule has 2 amide bonds. The highest BCUT2D eigenvalue weighted by Crippen LogP contribution is 2.35. The van der Waals surface area contributed by atoms with Crippen LogP contribution in [0.15, 0.2) is 40.4 Å². The van der Waals surface area contributed by atoms with E-state index in [1.807, 2.05) is 13.8 Å². The molecule has 3 rings (SSSR count). The zero-order valence-electron chi connectivity index (χ0n) is 17.1. The highest BCUT2D eigenvalue weighted by atomic mass is 79.9. The van der Waals surface area contributed by atoms with E-state index in [4.69, 9.17) is 33.3 Å². The monoisotopic (exact) mass is 522 g/mol. The maximum atomic E-state index is 13.3. The second kappa shape index (κ2) is 9.80. The van der Waals surface area contributed by atoms with Crippen LogP contribution >= 0.6 is 39.7 Å². The third-order valence-corrected chi connectivity index (χ3v) is 5.86. The fourth-order valence-corrected chi connectivity index (χ4v) is 4.00. The van der Waals surface area contributed by atoms with Crippen molar-refractivity contribution in [2.75, 3.05) is 18.1 Å². The number of hydrogen-bond donors (Lipinski definition) is 1. The molecule has 1 aliphatic heterocycles. The Bertz CT molecular complexity index is 1100. The molecule has 0 bridgehead atoms. The Morgan fingerprint density at radius 1 is 1.16 bits per heavy atom. The Morgan fingerprint density at radius 3 is 2.52 bits per heavy atom. The van der Waals surface area contributed by atoms with E-state index in [1.54, 1.807) is 37.3 Å². The third-order valence-electron chi connectivity index (χ3n) is 4.55. The van der Waals surface area contributed by atoms with Crippen LogP contribution in [0.1, 0.15) is 25.0 Å². The summed E-state index contributed by atoms with van der Waals surface area (Å²) >= 11 is 15.0. The number of amides is 2. The SMILES string of the molecule is CCOc1cc(OCC)c(/C=C2\C(=O)NC(=S)N(c3cccc(Cl)c3C)C2=O)cc1Br. The number of nitrogens with zero attached hydrogens (tertiary/aromatic N) is 1. The molecule has 1 saturated heterocycles. The number of thiocarbonyl (C=S) groups is 1. The molecule has 2 aromatic carbocycles. The first-order chi connectivity index (χ1) is 14.8. The average Bonchev–Trinajstić information content (AvgIpc) is 2.71. The van der Waals surface area contributed by atoms with E-state index in [0.717, 1.165) is 0 Å². The number of carbonyl (C=O) groups is 2. The molecular formula is C22H20BrClN2O4S. The maximum absolute atomic E-state index is 13.3. The molecule has 1 N–H and O–H groups in total. The fourth-order valence-electron chi connectivity index (χ4n) is 3.08. The van der Waals surface area contributed by atoms with E-state index in [0.29, 0.717) is 51.0 Å². The summed E-state index contributed by atoms with van der Waals surface area (Å²) in [6.07, 6.45) is 1.48. The van der Waals surface area contributed by atoms with Crippen LogP contribution in [-0.4, -0.2) is 30.1 Å². The molecule has 0 aromatic heterocycles. The second-order valence-corrected chi connectivity index (χ2v) is 8.18. The highest BCUT2D eigenvalue weighted by Gasteiger charge is 2.35. The van der Waals surface area contributed by atoms with E-state index in [1.165, 1.54) is 11.0 Å². The molecule has 162 valence electrons. The van der Waals surface area contributed by atoms with Gasteiger partial charge in [-0.3, -0.25) is 19.8 Å². The standard InChI is InChI=1S/C22H20BrClN2O4S/c1-4-29-18-11-19(30-5-2)15(23)10-13(18)9-14-20(27)25-22(31)26(21(14)28)17-8-6-7-16(24)12(17)3/h6-11H,4-5H2,1-3H3,(H,25,27,31)/b14-9+. The van der Waals surface area contributed by atoms with Gasteiger partial charge in [0.2, 0.25) is 0 Å². The number of anilines is 1. The molecule has 0 unspecified atom stereocenters. The molecular weight excluding hydrogens is 504 g/mol. The first kappa shape index (κ1) is 23.2. The Balaban J connectivity index is 2.10. The zero-order chi connectivity index (χ0) is 22.7. The highest BCUT2D eigenvalue weighted by molar-refractivity contribution is 9.10. The number of nitrogens with one attached hydrogen (secondary N) is 1. The summed E-state index contributed by atoms with van der Waals surface area (Å²) in [4.78, 5) is 27.3. The van der Waals surface area contributed by atoms with Crippen LogP contribution in [0, 0.1) is 6.92 Å². The van der Waals surface area contributed by atoms with Gasteiger partial charge >= 0.3 is 0 Å². The Hall–Kier alpha value is -2.42. The molecule has 9 heteroatoms. The van der Waals surface area contributed by atoms with Crippen LogP contribution in [-0.2, 0) is 9.59 Å². The van der Waals surface area contributed by atoms with Gasteiger partial charge in [0.15, 0.2) is 5.11 Å². The number of halogens is 2. The van der Waals surface area contributed by atoms with Gasteiger partial charge in [0.25, 0.3) is 11.8 Å². The number of hydrogen-bond acceptors (Lipinski definition) is 5. The van der Waals surface area contributed by atoms with Gasteiger partial charge in [0.05, 0.1) is 23.4 Å². The van der Waals surface area contributed by atoms with E-state index in [9.17, 15) is 9.59 Å². The first-order valence-corrected chi connectivity index (χ1v) is 11.1. The number of carbonyl (C=O) groups excluding carboxylic acids is 2. The van der Waals surface area contributed by atoms with Crippen molar-refractivity contribution in [1.29, 1.82) is 0 Å². The Kier molecular flexibility index (Phi) is 7.35. The lowest BCUT2D eigenvalue weighted by Gasteiger charge is -2.30. The largest absolute Gasteiger partial charge is 0.493 e. The molecule has 0 atom stereocenters. The van der Waals surface area contributed by atoms with Crippen LogP contribution < -0.4 is 19.7 Å². The van der Waals surface area contributed by atoms with Crippen molar-refractivity contribution in [2.45, 2.75) is 20.8 Å². The quantitative estimate of drug-likeness (QED) is 0.326. The predicted molar refractivity (Wildman–Crippen MR) is 129 cm³/mol. The Morgan fingerprint density at radius 2 is 1.84 bits per heavy atom. The minimum Gasteiger partial charge on any atom is -0.493 e. The van der Waals surface area contributed by atoms with Gasteiger partial charge in [0, 0.05) is 16.7 Å². The summed E-state index contributed by atoms with van der Waals surface area (Å²) in [7, 11) is 0. The topological polar surface area (TPSA) is 67.9 Å². The molecule has 0 saturated carbocycles. The molecule has 6 nitrogen and oxygen atoms in total. The van der Waals surface area contributed by atoms with Crippen molar-refractivity contribution in [3.8, 4) is 11.5 Å². The summed E-state index contributed by atoms with van der Waals surface area (Å²) in [5.74, 6) is -0.0456. The van der Waals surface area contributed by atoms with Crippen molar-refractivity contribution < 1.29 is 19.1 Å². The van der Waals surface area contributed by atoms with Crippen LogP contribution in [0.4, 0.5) is 5.69 Å². The molecule has 2 aromatic rings. The summed E-state index contributed by atoms with van der Waals surface area (Å²) in [5, 5.41) is 3.07. The maximum Gasteiger partial charge on any atom is 0.270 e. The normalized spacial score (nSPS) is 15.3. The number of benzene rings is 2. The van der Waals surface area contributed by atoms with Crippen molar-refractivity contribution in [1.82, 2.24) is 5.32 Å². The van der Waals surface area contributed by atoms with E-state index < -0.39 is 11.8 Å². The molecule has 31 heavy (non-hydrogen) atoms. The van der Waals surface area contributed by atoms with E-state index >= 15 is 0 Å². The number of ether oxygens (including phenoxy) is 2. The van der Waals surface area contributed by atoms with Crippen molar-refractivity contribution in [3.05, 3.63) is 56.5 Å².